The summed E-state index contributed by atoms with van der Waals surface area (Å²) in [7, 11) is 1.60. The van der Waals surface area contributed by atoms with Crippen molar-refractivity contribution in [2.24, 2.45) is 5.92 Å². The zero-order valence-electron chi connectivity index (χ0n) is 10.5. The van der Waals surface area contributed by atoms with E-state index in [1.54, 1.807) is 25.3 Å². The molecule has 1 aromatic carbocycles. The van der Waals surface area contributed by atoms with E-state index < -0.39 is 0 Å². The molecule has 1 aliphatic heterocycles. The standard InChI is InChI=1S/C14H17NO3/c1-16-13-3-2-12(9-15)14(8-13)18-10-11-4-6-17-7-5-11/h2-3,8,11H,4-7,10H2,1H3. The van der Waals surface area contributed by atoms with Gasteiger partial charge in [0, 0.05) is 19.3 Å². The Morgan fingerprint density at radius 2 is 2.17 bits per heavy atom. The van der Waals surface area contributed by atoms with Crippen molar-refractivity contribution >= 4 is 0 Å². The Hall–Kier alpha value is -1.73. The van der Waals surface area contributed by atoms with Gasteiger partial charge in [0.2, 0.25) is 0 Å². The first kappa shape index (κ1) is 12.7. The molecule has 0 aromatic heterocycles. The van der Waals surface area contributed by atoms with E-state index >= 15 is 0 Å². The number of hydrogen-bond donors (Lipinski definition) is 0. The van der Waals surface area contributed by atoms with Crippen LogP contribution in [-0.2, 0) is 4.74 Å². The highest BCUT2D eigenvalue weighted by Gasteiger charge is 2.15. The molecule has 1 aromatic rings. The number of nitrogens with zero attached hydrogens (tertiary/aromatic N) is 1. The van der Waals surface area contributed by atoms with Crippen LogP contribution >= 0.6 is 0 Å². The van der Waals surface area contributed by atoms with Crippen LogP contribution < -0.4 is 9.47 Å². The first-order valence-electron chi connectivity index (χ1n) is 6.12. The zero-order chi connectivity index (χ0) is 12.8. The van der Waals surface area contributed by atoms with Crippen LogP contribution in [0.15, 0.2) is 18.2 Å². The molecule has 0 unspecified atom stereocenters. The van der Waals surface area contributed by atoms with Gasteiger partial charge in [-0.05, 0) is 30.9 Å². The molecule has 0 bridgehead atoms. The minimum Gasteiger partial charge on any atom is -0.497 e. The summed E-state index contributed by atoms with van der Waals surface area (Å²) in [6, 6.07) is 7.38. The predicted molar refractivity (Wildman–Crippen MR) is 66.7 cm³/mol. The van der Waals surface area contributed by atoms with Crippen molar-refractivity contribution in [3.63, 3.8) is 0 Å². The largest absolute Gasteiger partial charge is 0.497 e. The van der Waals surface area contributed by atoms with Crippen LogP contribution in [-0.4, -0.2) is 26.9 Å². The minimum absolute atomic E-state index is 0.511. The van der Waals surface area contributed by atoms with Crippen LogP contribution in [0.4, 0.5) is 0 Å². The molecule has 0 saturated carbocycles. The van der Waals surface area contributed by atoms with Crippen LogP contribution in [0.3, 0.4) is 0 Å². The Morgan fingerprint density at radius 3 is 2.83 bits per heavy atom. The predicted octanol–water partition coefficient (Wildman–Crippen LogP) is 2.37. The van der Waals surface area contributed by atoms with Gasteiger partial charge in [0.15, 0.2) is 0 Å². The lowest BCUT2D eigenvalue weighted by Crippen LogP contribution is -2.21. The second-order valence-electron chi connectivity index (χ2n) is 4.34. The van der Waals surface area contributed by atoms with Crippen LogP contribution in [0.1, 0.15) is 18.4 Å². The number of benzene rings is 1. The summed E-state index contributed by atoms with van der Waals surface area (Å²) in [4.78, 5) is 0. The average Bonchev–Trinajstić information content (AvgIpc) is 2.45. The first-order chi connectivity index (χ1) is 8.83. The van der Waals surface area contributed by atoms with Crippen LogP contribution in [0.5, 0.6) is 11.5 Å². The smallest absolute Gasteiger partial charge is 0.140 e. The summed E-state index contributed by atoms with van der Waals surface area (Å²) in [5.74, 6) is 1.82. The fraction of sp³-hybridized carbons (Fsp3) is 0.500. The third kappa shape index (κ3) is 3.14. The van der Waals surface area contributed by atoms with E-state index in [1.807, 2.05) is 0 Å². The van der Waals surface area contributed by atoms with Gasteiger partial charge in [0.25, 0.3) is 0 Å². The maximum atomic E-state index is 9.03. The van der Waals surface area contributed by atoms with E-state index in [4.69, 9.17) is 19.5 Å². The van der Waals surface area contributed by atoms with Crippen molar-refractivity contribution in [3.8, 4) is 17.6 Å². The molecule has 18 heavy (non-hydrogen) atoms. The molecule has 1 fully saturated rings. The van der Waals surface area contributed by atoms with Gasteiger partial charge >= 0.3 is 0 Å². The quantitative estimate of drug-likeness (QED) is 0.819. The Morgan fingerprint density at radius 1 is 1.39 bits per heavy atom. The molecule has 0 atom stereocenters. The third-order valence-corrected chi connectivity index (χ3v) is 3.12. The highest BCUT2D eigenvalue weighted by atomic mass is 16.5. The van der Waals surface area contributed by atoms with E-state index in [0.29, 0.717) is 29.6 Å². The van der Waals surface area contributed by atoms with Crippen molar-refractivity contribution in [2.75, 3.05) is 26.9 Å². The SMILES string of the molecule is COc1ccc(C#N)c(OCC2CCOCC2)c1. The normalized spacial score (nSPS) is 16.0. The maximum absolute atomic E-state index is 9.03. The molecule has 4 heteroatoms. The molecule has 0 spiro atoms. The van der Waals surface area contributed by atoms with Crippen LogP contribution in [0, 0.1) is 17.2 Å². The second-order valence-corrected chi connectivity index (χ2v) is 4.34. The van der Waals surface area contributed by atoms with Gasteiger partial charge in [0.1, 0.15) is 17.6 Å². The molecule has 0 amide bonds. The Kier molecular flexibility index (Phi) is 4.43. The molecule has 96 valence electrons. The maximum Gasteiger partial charge on any atom is 0.140 e. The van der Waals surface area contributed by atoms with Gasteiger partial charge < -0.3 is 14.2 Å². The zero-order valence-corrected chi connectivity index (χ0v) is 10.5. The van der Waals surface area contributed by atoms with Crippen LogP contribution in [0.25, 0.3) is 0 Å². The van der Waals surface area contributed by atoms with Gasteiger partial charge in [-0.1, -0.05) is 0 Å². The van der Waals surface area contributed by atoms with Crippen LogP contribution in [0.2, 0.25) is 0 Å². The summed E-state index contributed by atoms with van der Waals surface area (Å²) < 4.78 is 16.2. The van der Waals surface area contributed by atoms with Gasteiger partial charge in [-0.25, -0.2) is 0 Å². The summed E-state index contributed by atoms with van der Waals surface area (Å²) in [5, 5.41) is 9.03. The van der Waals surface area contributed by atoms with Crippen molar-refractivity contribution in [3.05, 3.63) is 23.8 Å². The fourth-order valence-corrected chi connectivity index (χ4v) is 1.96. The number of methoxy groups -OCH3 is 1. The lowest BCUT2D eigenvalue weighted by atomic mass is 10.0. The molecule has 4 nitrogen and oxygen atoms in total. The molecular formula is C14H17NO3. The number of rotatable bonds is 4. The summed E-state index contributed by atoms with van der Waals surface area (Å²) in [6.07, 6.45) is 2.04. The van der Waals surface area contributed by atoms with Gasteiger partial charge in [-0.15, -0.1) is 0 Å². The highest BCUT2D eigenvalue weighted by molar-refractivity contribution is 5.47. The topological polar surface area (TPSA) is 51.5 Å². The number of ether oxygens (including phenoxy) is 3. The van der Waals surface area contributed by atoms with E-state index in [2.05, 4.69) is 6.07 Å². The Balaban J connectivity index is 2.00. The lowest BCUT2D eigenvalue weighted by molar-refractivity contribution is 0.0497. The van der Waals surface area contributed by atoms with E-state index in [-0.39, 0.29) is 0 Å². The number of nitriles is 1. The van der Waals surface area contributed by atoms with Gasteiger partial charge in [-0.2, -0.15) is 5.26 Å². The van der Waals surface area contributed by atoms with E-state index in [0.717, 1.165) is 26.1 Å². The molecule has 1 aliphatic rings. The lowest BCUT2D eigenvalue weighted by Gasteiger charge is -2.22. The van der Waals surface area contributed by atoms with Crippen molar-refractivity contribution in [1.29, 1.82) is 5.26 Å². The minimum atomic E-state index is 0.511. The summed E-state index contributed by atoms with van der Waals surface area (Å²) in [6.45, 7) is 2.24. The van der Waals surface area contributed by atoms with Crippen molar-refractivity contribution in [2.45, 2.75) is 12.8 Å². The summed E-state index contributed by atoms with van der Waals surface area (Å²) >= 11 is 0. The first-order valence-corrected chi connectivity index (χ1v) is 6.12. The van der Waals surface area contributed by atoms with E-state index in [1.165, 1.54) is 0 Å². The molecule has 1 saturated heterocycles. The monoisotopic (exact) mass is 247 g/mol. The molecule has 0 N–H and O–H groups in total. The molecule has 0 radical (unpaired) electrons. The van der Waals surface area contributed by atoms with Crippen molar-refractivity contribution < 1.29 is 14.2 Å². The van der Waals surface area contributed by atoms with Gasteiger partial charge in [0.05, 0.1) is 19.3 Å². The molecular weight excluding hydrogens is 230 g/mol. The Bertz CT molecular complexity index is 433. The third-order valence-electron chi connectivity index (χ3n) is 3.12. The molecule has 1 heterocycles. The fourth-order valence-electron chi connectivity index (χ4n) is 1.96. The van der Waals surface area contributed by atoms with E-state index in [9.17, 15) is 0 Å². The number of hydrogen-bond acceptors (Lipinski definition) is 4. The van der Waals surface area contributed by atoms with Crippen molar-refractivity contribution in [1.82, 2.24) is 0 Å². The molecule has 2 rings (SSSR count). The summed E-state index contributed by atoms with van der Waals surface area (Å²) in [5.41, 5.74) is 0.544. The Labute approximate surface area is 107 Å². The molecule has 0 aliphatic carbocycles. The van der Waals surface area contributed by atoms with Gasteiger partial charge in [-0.3, -0.25) is 0 Å². The highest BCUT2D eigenvalue weighted by Crippen LogP contribution is 2.25. The second kappa shape index (κ2) is 6.27. The average molecular weight is 247 g/mol.